The van der Waals surface area contributed by atoms with Gasteiger partial charge < -0.3 is 15.4 Å². The average Bonchev–Trinajstić information content (AvgIpc) is 2.47. The zero-order valence-corrected chi connectivity index (χ0v) is 11.3. The van der Waals surface area contributed by atoms with E-state index in [4.69, 9.17) is 4.74 Å². The van der Waals surface area contributed by atoms with Crippen molar-refractivity contribution in [2.75, 3.05) is 31.6 Å². The predicted octanol–water partition coefficient (Wildman–Crippen LogP) is 1.67. The van der Waals surface area contributed by atoms with Gasteiger partial charge in [0.25, 0.3) is 0 Å². The largest absolute Gasteiger partial charge is 0.462 e. The van der Waals surface area contributed by atoms with Gasteiger partial charge in [-0.15, -0.1) is 0 Å². The molecule has 0 radical (unpaired) electrons. The molecular formula is C14H21N3O2. The number of nitrogens with zero attached hydrogens (tertiary/aromatic N) is 1. The van der Waals surface area contributed by atoms with Gasteiger partial charge in [-0.05, 0) is 50.9 Å². The molecule has 104 valence electrons. The number of carbonyl (C=O) groups is 1. The van der Waals surface area contributed by atoms with Gasteiger partial charge in [0.15, 0.2) is 0 Å². The number of piperidine rings is 1. The minimum absolute atomic E-state index is 0.320. The number of nitrogens with one attached hydrogen (secondary N) is 2. The molecule has 1 aliphatic rings. The highest BCUT2D eigenvalue weighted by Crippen LogP contribution is 2.13. The van der Waals surface area contributed by atoms with Gasteiger partial charge in [-0.25, -0.2) is 9.78 Å². The van der Waals surface area contributed by atoms with E-state index in [2.05, 4.69) is 15.6 Å². The Morgan fingerprint density at radius 1 is 1.47 bits per heavy atom. The summed E-state index contributed by atoms with van der Waals surface area (Å²) in [4.78, 5) is 15.7. The van der Waals surface area contributed by atoms with Crippen molar-refractivity contribution >= 4 is 11.8 Å². The topological polar surface area (TPSA) is 63.2 Å². The van der Waals surface area contributed by atoms with E-state index >= 15 is 0 Å². The van der Waals surface area contributed by atoms with Gasteiger partial charge in [-0.3, -0.25) is 0 Å². The van der Waals surface area contributed by atoms with Gasteiger partial charge in [0.2, 0.25) is 0 Å². The van der Waals surface area contributed by atoms with Gasteiger partial charge in [0, 0.05) is 12.7 Å². The van der Waals surface area contributed by atoms with E-state index < -0.39 is 0 Å². The van der Waals surface area contributed by atoms with Crippen molar-refractivity contribution in [3.05, 3.63) is 23.9 Å². The van der Waals surface area contributed by atoms with Crippen LogP contribution in [-0.4, -0.2) is 37.2 Å². The molecule has 1 saturated heterocycles. The van der Waals surface area contributed by atoms with Gasteiger partial charge in [-0.1, -0.05) is 0 Å². The Labute approximate surface area is 113 Å². The minimum Gasteiger partial charge on any atom is -0.462 e. The van der Waals surface area contributed by atoms with E-state index in [1.165, 1.54) is 12.8 Å². The first-order valence-corrected chi connectivity index (χ1v) is 6.87. The van der Waals surface area contributed by atoms with Gasteiger partial charge >= 0.3 is 5.97 Å². The van der Waals surface area contributed by atoms with E-state index in [1.807, 2.05) is 6.07 Å². The maximum absolute atomic E-state index is 11.5. The van der Waals surface area contributed by atoms with E-state index in [0.29, 0.717) is 18.1 Å². The highest BCUT2D eigenvalue weighted by Gasteiger charge is 2.13. The number of esters is 1. The number of carbonyl (C=O) groups excluding carboxylic acids is 1. The highest BCUT2D eigenvalue weighted by atomic mass is 16.5. The number of hydrogen-bond acceptors (Lipinski definition) is 5. The summed E-state index contributed by atoms with van der Waals surface area (Å²) in [6.07, 6.45) is 3.96. The van der Waals surface area contributed by atoms with E-state index in [1.54, 1.807) is 19.2 Å². The lowest BCUT2D eigenvalue weighted by Gasteiger charge is -2.22. The molecule has 0 unspecified atom stereocenters. The number of hydrogen-bond donors (Lipinski definition) is 2. The van der Waals surface area contributed by atoms with Crippen LogP contribution in [0.2, 0.25) is 0 Å². The number of ether oxygens (including phenoxy) is 1. The van der Waals surface area contributed by atoms with Crippen molar-refractivity contribution in [1.29, 1.82) is 0 Å². The molecule has 1 aromatic rings. The summed E-state index contributed by atoms with van der Waals surface area (Å²) in [7, 11) is 0. The quantitative estimate of drug-likeness (QED) is 0.791. The van der Waals surface area contributed by atoms with Crippen molar-refractivity contribution in [2.24, 2.45) is 5.92 Å². The number of anilines is 1. The number of rotatable bonds is 5. The second-order valence-corrected chi connectivity index (χ2v) is 4.73. The summed E-state index contributed by atoms with van der Waals surface area (Å²) in [5, 5.41) is 6.67. The van der Waals surface area contributed by atoms with Crippen molar-refractivity contribution in [1.82, 2.24) is 10.3 Å². The van der Waals surface area contributed by atoms with Crippen LogP contribution in [0.5, 0.6) is 0 Å². The van der Waals surface area contributed by atoms with Crippen molar-refractivity contribution < 1.29 is 9.53 Å². The SMILES string of the molecule is CCOC(=O)c1ccc(NCC2CCNCC2)nc1. The van der Waals surface area contributed by atoms with Gasteiger partial charge in [-0.2, -0.15) is 0 Å². The third-order valence-corrected chi connectivity index (χ3v) is 3.31. The van der Waals surface area contributed by atoms with Crippen LogP contribution in [0, 0.1) is 5.92 Å². The summed E-state index contributed by atoms with van der Waals surface area (Å²) in [5.74, 6) is 1.19. The second-order valence-electron chi connectivity index (χ2n) is 4.73. The first-order chi connectivity index (χ1) is 9.29. The molecule has 0 atom stereocenters. The Bertz CT molecular complexity index is 400. The fourth-order valence-electron chi connectivity index (χ4n) is 2.17. The van der Waals surface area contributed by atoms with Crippen LogP contribution < -0.4 is 10.6 Å². The zero-order chi connectivity index (χ0) is 13.5. The van der Waals surface area contributed by atoms with Crippen LogP contribution in [-0.2, 0) is 4.74 Å². The molecule has 0 amide bonds. The third kappa shape index (κ3) is 4.21. The smallest absolute Gasteiger partial charge is 0.339 e. The highest BCUT2D eigenvalue weighted by molar-refractivity contribution is 5.89. The molecule has 0 bridgehead atoms. The van der Waals surface area contributed by atoms with Crippen LogP contribution in [0.1, 0.15) is 30.1 Å². The molecule has 2 rings (SSSR count). The van der Waals surface area contributed by atoms with Crippen LogP contribution in [0.4, 0.5) is 5.82 Å². The molecule has 1 aromatic heterocycles. The first kappa shape index (κ1) is 13.8. The lowest BCUT2D eigenvalue weighted by molar-refractivity contribution is 0.0526. The van der Waals surface area contributed by atoms with Gasteiger partial charge in [0.1, 0.15) is 5.82 Å². The molecule has 0 spiro atoms. The van der Waals surface area contributed by atoms with Gasteiger partial charge in [0.05, 0.1) is 12.2 Å². The van der Waals surface area contributed by atoms with Crippen LogP contribution in [0.25, 0.3) is 0 Å². The zero-order valence-electron chi connectivity index (χ0n) is 11.3. The van der Waals surface area contributed by atoms with Crippen LogP contribution in [0.3, 0.4) is 0 Å². The molecule has 0 aliphatic carbocycles. The molecule has 5 heteroatoms. The monoisotopic (exact) mass is 263 g/mol. The Hall–Kier alpha value is -1.62. The minimum atomic E-state index is -0.320. The summed E-state index contributed by atoms with van der Waals surface area (Å²) >= 11 is 0. The first-order valence-electron chi connectivity index (χ1n) is 6.87. The second kappa shape index (κ2) is 7.09. The number of pyridine rings is 1. The molecule has 2 N–H and O–H groups in total. The molecule has 0 saturated carbocycles. The Balaban J connectivity index is 1.82. The lowest BCUT2D eigenvalue weighted by Crippen LogP contribution is -2.31. The Kier molecular flexibility index (Phi) is 5.15. The fourth-order valence-corrected chi connectivity index (χ4v) is 2.17. The summed E-state index contributed by atoms with van der Waals surface area (Å²) in [6.45, 7) is 5.31. The van der Waals surface area contributed by atoms with Crippen molar-refractivity contribution in [3.8, 4) is 0 Å². The Morgan fingerprint density at radius 3 is 2.89 bits per heavy atom. The molecule has 0 aromatic carbocycles. The standard InChI is InChI=1S/C14H21N3O2/c1-2-19-14(18)12-3-4-13(17-10-12)16-9-11-5-7-15-8-6-11/h3-4,10-11,15H,2,5-9H2,1H3,(H,16,17). The molecular weight excluding hydrogens is 242 g/mol. The summed E-state index contributed by atoms with van der Waals surface area (Å²) < 4.78 is 4.92. The molecule has 1 fully saturated rings. The van der Waals surface area contributed by atoms with E-state index in [9.17, 15) is 4.79 Å². The van der Waals surface area contributed by atoms with E-state index in [0.717, 1.165) is 25.5 Å². The fraction of sp³-hybridized carbons (Fsp3) is 0.571. The molecule has 19 heavy (non-hydrogen) atoms. The maximum Gasteiger partial charge on any atom is 0.339 e. The van der Waals surface area contributed by atoms with Crippen LogP contribution >= 0.6 is 0 Å². The predicted molar refractivity (Wildman–Crippen MR) is 74.3 cm³/mol. The van der Waals surface area contributed by atoms with Crippen LogP contribution in [0.15, 0.2) is 18.3 Å². The summed E-state index contributed by atoms with van der Waals surface area (Å²) in [6, 6.07) is 3.57. The summed E-state index contributed by atoms with van der Waals surface area (Å²) in [5.41, 5.74) is 0.495. The number of aromatic nitrogens is 1. The molecule has 5 nitrogen and oxygen atoms in total. The molecule has 2 heterocycles. The maximum atomic E-state index is 11.5. The van der Waals surface area contributed by atoms with Crippen molar-refractivity contribution in [3.63, 3.8) is 0 Å². The third-order valence-electron chi connectivity index (χ3n) is 3.31. The average molecular weight is 263 g/mol. The normalized spacial score (nSPS) is 16.1. The van der Waals surface area contributed by atoms with E-state index in [-0.39, 0.29) is 5.97 Å². The van der Waals surface area contributed by atoms with Crippen molar-refractivity contribution in [2.45, 2.75) is 19.8 Å². The Morgan fingerprint density at radius 2 is 2.26 bits per heavy atom. The molecule has 1 aliphatic heterocycles. The lowest BCUT2D eigenvalue weighted by atomic mass is 9.98.